The molecule has 2 heteroatoms. The summed E-state index contributed by atoms with van der Waals surface area (Å²) in [7, 11) is 0. The van der Waals surface area contributed by atoms with E-state index in [2.05, 4.69) is 0 Å². The van der Waals surface area contributed by atoms with Crippen LogP contribution in [0.15, 0.2) is 18.2 Å². The van der Waals surface area contributed by atoms with E-state index in [0.717, 1.165) is 16.7 Å². The second-order valence-corrected chi connectivity index (χ2v) is 2.58. The van der Waals surface area contributed by atoms with Crippen molar-refractivity contribution in [1.29, 1.82) is 0 Å². The van der Waals surface area contributed by atoms with Gasteiger partial charge in [-0.3, -0.25) is 0 Å². The molecule has 0 aliphatic carbocycles. The summed E-state index contributed by atoms with van der Waals surface area (Å²) in [5.74, 6) is 0. The van der Waals surface area contributed by atoms with Crippen molar-refractivity contribution < 1.29 is 10.2 Å². The quantitative estimate of drug-likeness (QED) is 0.663. The highest BCUT2D eigenvalue weighted by Gasteiger charge is 1.96. The molecule has 2 N–H and O–H groups in total. The summed E-state index contributed by atoms with van der Waals surface area (Å²) in [5.41, 5.74) is 2.83. The molecule has 1 aromatic carbocycles. The largest absolute Gasteiger partial charge is 0.392 e. The van der Waals surface area contributed by atoms with Crippen LogP contribution in [-0.4, -0.2) is 10.2 Å². The number of benzene rings is 1. The molecule has 0 unspecified atom stereocenters. The Morgan fingerprint density at radius 1 is 1.18 bits per heavy atom. The zero-order valence-corrected chi connectivity index (χ0v) is 6.54. The van der Waals surface area contributed by atoms with E-state index in [0.29, 0.717) is 0 Å². The smallest absolute Gasteiger partial charge is 0.0684 e. The van der Waals surface area contributed by atoms with Gasteiger partial charge < -0.3 is 10.2 Å². The van der Waals surface area contributed by atoms with Crippen LogP contribution >= 0.6 is 0 Å². The van der Waals surface area contributed by atoms with Crippen molar-refractivity contribution in [1.82, 2.24) is 0 Å². The maximum absolute atomic E-state index is 8.82. The van der Waals surface area contributed by atoms with Gasteiger partial charge in [-0.05, 0) is 23.6 Å². The number of aryl methyl sites for hydroxylation is 1. The third-order valence-corrected chi connectivity index (χ3v) is 1.76. The fourth-order valence-corrected chi connectivity index (χ4v) is 1.03. The van der Waals surface area contributed by atoms with Gasteiger partial charge in [-0.15, -0.1) is 0 Å². The van der Waals surface area contributed by atoms with E-state index >= 15 is 0 Å². The van der Waals surface area contributed by atoms with Gasteiger partial charge in [-0.1, -0.05) is 18.2 Å². The molecule has 0 fully saturated rings. The highest BCUT2D eigenvalue weighted by molar-refractivity contribution is 5.30. The fourth-order valence-electron chi connectivity index (χ4n) is 1.03. The van der Waals surface area contributed by atoms with Crippen molar-refractivity contribution in [2.24, 2.45) is 0 Å². The first-order valence-electron chi connectivity index (χ1n) is 3.58. The molecule has 0 heterocycles. The zero-order valence-electron chi connectivity index (χ0n) is 6.54. The molecule has 0 saturated carbocycles. The Hall–Kier alpha value is -0.860. The third kappa shape index (κ3) is 1.79. The summed E-state index contributed by atoms with van der Waals surface area (Å²) in [4.78, 5) is 0. The Bertz CT molecular complexity index is 243. The topological polar surface area (TPSA) is 40.5 Å². The van der Waals surface area contributed by atoms with Crippen molar-refractivity contribution in [3.63, 3.8) is 0 Å². The Morgan fingerprint density at radius 2 is 1.91 bits per heavy atom. The molecule has 0 aromatic heterocycles. The minimum absolute atomic E-state index is 0.0621. The summed E-state index contributed by atoms with van der Waals surface area (Å²) in [5, 5.41) is 17.6. The molecule has 0 amide bonds. The molecule has 0 saturated heterocycles. The second kappa shape index (κ2) is 3.51. The molecule has 2 nitrogen and oxygen atoms in total. The fraction of sp³-hybridized carbons (Fsp3) is 0.333. The van der Waals surface area contributed by atoms with Gasteiger partial charge in [0.25, 0.3) is 0 Å². The average Bonchev–Trinajstić information content (AvgIpc) is 2.04. The first-order valence-corrected chi connectivity index (χ1v) is 3.58. The molecule has 11 heavy (non-hydrogen) atoms. The molecular formula is C9H12O2. The van der Waals surface area contributed by atoms with Crippen LogP contribution in [0.1, 0.15) is 16.7 Å². The van der Waals surface area contributed by atoms with Gasteiger partial charge in [0.1, 0.15) is 0 Å². The SMILES string of the molecule is Cc1cc(CO)ccc1CO. The van der Waals surface area contributed by atoms with E-state index in [1.165, 1.54) is 0 Å². The van der Waals surface area contributed by atoms with E-state index in [-0.39, 0.29) is 13.2 Å². The lowest BCUT2D eigenvalue weighted by molar-refractivity contribution is 0.277. The van der Waals surface area contributed by atoms with Crippen molar-refractivity contribution >= 4 is 0 Å². The normalized spacial score (nSPS) is 10.1. The first-order chi connectivity index (χ1) is 5.27. The summed E-state index contributed by atoms with van der Waals surface area (Å²) in [6.45, 7) is 2.05. The summed E-state index contributed by atoms with van der Waals surface area (Å²) < 4.78 is 0. The predicted octanol–water partition coefficient (Wildman–Crippen LogP) is 0.980. The zero-order chi connectivity index (χ0) is 8.27. The standard InChI is InChI=1S/C9H12O2/c1-7-4-8(5-10)2-3-9(7)6-11/h2-4,10-11H,5-6H2,1H3. The first kappa shape index (κ1) is 8.24. The molecular weight excluding hydrogens is 140 g/mol. The number of hydrogen-bond acceptors (Lipinski definition) is 2. The monoisotopic (exact) mass is 152 g/mol. The van der Waals surface area contributed by atoms with Crippen LogP contribution in [0, 0.1) is 6.92 Å². The van der Waals surface area contributed by atoms with Crippen LogP contribution in [0.2, 0.25) is 0 Å². The highest BCUT2D eigenvalue weighted by atomic mass is 16.3. The summed E-state index contributed by atoms with van der Waals surface area (Å²) in [6.07, 6.45) is 0. The number of aliphatic hydroxyl groups excluding tert-OH is 2. The Balaban J connectivity index is 2.99. The van der Waals surface area contributed by atoms with Crippen molar-refractivity contribution in [3.05, 3.63) is 34.9 Å². The van der Waals surface area contributed by atoms with Crippen LogP contribution in [0.5, 0.6) is 0 Å². The van der Waals surface area contributed by atoms with Gasteiger partial charge in [-0.2, -0.15) is 0 Å². The Morgan fingerprint density at radius 3 is 2.36 bits per heavy atom. The summed E-state index contributed by atoms with van der Waals surface area (Å²) >= 11 is 0. The molecule has 0 bridgehead atoms. The lowest BCUT2D eigenvalue weighted by Crippen LogP contribution is -1.91. The van der Waals surface area contributed by atoms with Crippen LogP contribution in [-0.2, 0) is 13.2 Å². The van der Waals surface area contributed by atoms with Crippen LogP contribution in [0.25, 0.3) is 0 Å². The maximum atomic E-state index is 8.82. The molecule has 0 spiro atoms. The lowest BCUT2D eigenvalue weighted by Gasteiger charge is -2.03. The lowest BCUT2D eigenvalue weighted by atomic mass is 10.1. The van der Waals surface area contributed by atoms with Gasteiger partial charge >= 0.3 is 0 Å². The molecule has 0 radical (unpaired) electrons. The highest BCUT2D eigenvalue weighted by Crippen LogP contribution is 2.10. The van der Waals surface area contributed by atoms with Gasteiger partial charge in [0, 0.05) is 0 Å². The predicted molar refractivity (Wildman–Crippen MR) is 43.0 cm³/mol. The molecule has 0 atom stereocenters. The molecule has 60 valence electrons. The molecule has 0 aliphatic rings. The van der Waals surface area contributed by atoms with Crippen LogP contribution < -0.4 is 0 Å². The minimum Gasteiger partial charge on any atom is -0.392 e. The van der Waals surface area contributed by atoms with Crippen LogP contribution in [0.4, 0.5) is 0 Å². The van der Waals surface area contributed by atoms with Gasteiger partial charge in [-0.25, -0.2) is 0 Å². The van der Waals surface area contributed by atoms with Crippen LogP contribution in [0.3, 0.4) is 0 Å². The van der Waals surface area contributed by atoms with E-state index in [9.17, 15) is 0 Å². The minimum atomic E-state index is 0.0621. The van der Waals surface area contributed by atoms with Crippen molar-refractivity contribution in [3.8, 4) is 0 Å². The van der Waals surface area contributed by atoms with E-state index < -0.39 is 0 Å². The van der Waals surface area contributed by atoms with Crippen molar-refractivity contribution in [2.45, 2.75) is 20.1 Å². The Kier molecular flexibility index (Phi) is 2.63. The number of hydrogen-bond donors (Lipinski definition) is 2. The number of rotatable bonds is 2. The van der Waals surface area contributed by atoms with Crippen molar-refractivity contribution in [2.75, 3.05) is 0 Å². The van der Waals surface area contributed by atoms with E-state index in [1.807, 2.05) is 25.1 Å². The second-order valence-electron chi connectivity index (χ2n) is 2.58. The molecule has 1 aromatic rings. The average molecular weight is 152 g/mol. The van der Waals surface area contributed by atoms with Gasteiger partial charge in [0.15, 0.2) is 0 Å². The molecule has 1 rings (SSSR count). The maximum Gasteiger partial charge on any atom is 0.0684 e. The molecule has 0 aliphatic heterocycles. The number of aliphatic hydroxyl groups is 2. The van der Waals surface area contributed by atoms with Gasteiger partial charge in [0.05, 0.1) is 13.2 Å². The van der Waals surface area contributed by atoms with E-state index in [4.69, 9.17) is 10.2 Å². The van der Waals surface area contributed by atoms with E-state index in [1.54, 1.807) is 0 Å². The van der Waals surface area contributed by atoms with Gasteiger partial charge in [0.2, 0.25) is 0 Å². The third-order valence-electron chi connectivity index (χ3n) is 1.76. The summed E-state index contributed by atoms with van der Waals surface area (Å²) in [6, 6.07) is 5.53. The Labute approximate surface area is 66.1 Å².